The molecule has 1 aliphatic rings. The number of hydrogen-bond acceptors (Lipinski definition) is 3. The van der Waals surface area contributed by atoms with Crippen LogP contribution in [-0.4, -0.2) is 28.7 Å². The minimum Gasteiger partial charge on any atom is -0.388 e. The quantitative estimate of drug-likeness (QED) is 0.655. The second-order valence-electron chi connectivity index (χ2n) is 4.98. The number of aliphatic hydroxyl groups is 1. The number of carbonyl (C=O) groups excluding carboxylic acids is 1. The van der Waals surface area contributed by atoms with E-state index in [0.717, 1.165) is 25.7 Å². The molecule has 0 heterocycles. The van der Waals surface area contributed by atoms with Gasteiger partial charge in [0, 0.05) is 6.54 Å². The Balaban J connectivity index is 2.46. The molecule has 4 N–H and O–H groups in total. The molecule has 0 bridgehead atoms. The third kappa shape index (κ3) is 2.95. The fraction of sp³-hybridized carbons (Fsp3) is 0.917. The fourth-order valence-electron chi connectivity index (χ4n) is 2.15. The average Bonchev–Trinajstić information content (AvgIpc) is 2.74. The molecule has 0 aromatic heterocycles. The van der Waals surface area contributed by atoms with Crippen molar-refractivity contribution >= 4 is 5.91 Å². The zero-order chi connectivity index (χ0) is 12.2. The van der Waals surface area contributed by atoms with Crippen LogP contribution in [-0.2, 0) is 4.79 Å². The molecule has 4 heteroatoms. The van der Waals surface area contributed by atoms with Crippen molar-refractivity contribution in [1.29, 1.82) is 0 Å². The molecule has 1 rings (SSSR count). The molecule has 1 saturated carbocycles. The lowest BCUT2D eigenvalue weighted by molar-refractivity contribution is -0.127. The molecule has 1 aliphatic carbocycles. The lowest BCUT2D eigenvalue weighted by Gasteiger charge is -2.28. The molecule has 1 fully saturated rings. The van der Waals surface area contributed by atoms with Gasteiger partial charge in [-0.1, -0.05) is 26.7 Å². The molecule has 0 radical (unpaired) electrons. The van der Waals surface area contributed by atoms with Crippen LogP contribution in [0.3, 0.4) is 0 Å². The number of rotatable bonds is 5. The van der Waals surface area contributed by atoms with Crippen LogP contribution in [0, 0.1) is 0 Å². The van der Waals surface area contributed by atoms with Crippen LogP contribution in [0.15, 0.2) is 0 Å². The molecular weight excluding hydrogens is 204 g/mol. The van der Waals surface area contributed by atoms with E-state index >= 15 is 0 Å². The van der Waals surface area contributed by atoms with Crippen LogP contribution in [0.1, 0.15) is 52.4 Å². The van der Waals surface area contributed by atoms with Crippen molar-refractivity contribution in [2.24, 2.45) is 5.73 Å². The van der Waals surface area contributed by atoms with E-state index in [1.807, 2.05) is 13.8 Å². The minimum absolute atomic E-state index is 0.106. The van der Waals surface area contributed by atoms with E-state index in [9.17, 15) is 9.90 Å². The molecule has 1 amide bonds. The van der Waals surface area contributed by atoms with E-state index in [2.05, 4.69) is 5.32 Å². The maximum absolute atomic E-state index is 11.9. The van der Waals surface area contributed by atoms with Crippen molar-refractivity contribution in [3.05, 3.63) is 0 Å². The van der Waals surface area contributed by atoms with E-state index in [1.165, 1.54) is 0 Å². The lowest BCUT2D eigenvalue weighted by Crippen LogP contribution is -2.55. The molecule has 0 aliphatic heterocycles. The maximum atomic E-state index is 11.9. The maximum Gasteiger partial charge on any atom is 0.240 e. The predicted octanol–water partition coefficient (Wildman–Crippen LogP) is 0.925. The van der Waals surface area contributed by atoms with Gasteiger partial charge in [0.05, 0.1) is 11.1 Å². The topological polar surface area (TPSA) is 75.3 Å². The Bertz CT molecular complexity index is 243. The summed E-state index contributed by atoms with van der Waals surface area (Å²) < 4.78 is 0. The number of nitrogens with one attached hydrogen (secondary N) is 1. The number of hydrogen-bond donors (Lipinski definition) is 3. The van der Waals surface area contributed by atoms with E-state index in [1.54, 1.807) is 0 Å². The highest BCUT2D eigenvalue weighted by Gasteiger charge is 2.37. The summed E-state index contributed by atoms with van der Waals surface area (Å²) in [5, 5.41) is 12.8. The van der Waals surface area contributed by atoms with Crippen molar-refractivity contribution < 1.29 is 9.90 Å². The third-order valence-corrected chi connectivity index (χ3v) is 3.84. The molecule has 0 spiro atoms. The predicted molar refractivity (Wildman–Crippen MR) is 63.9 cm³/mol. The van der Waals surface area contributed by atoms with Crippen molar-refractivity contribution in [3.8, 4) is 0 Å². The summed E-state index contributed by atoms with van der Waals surface area (Å²) in [6.45, 7) is 4.14. The molecule has 0 saturated heterocycles. The Kier molecular flexibility index (Phi) is 4.33. The minimum atomic E-state index is -0.787. The Morgan fingerprint density at radius 3 is 2.31 bits per heavy atom. The Morgan fingerprint density at radius 1 is 1.38 bits per heavy atom. The molecule has 0 aromatic carbocycles. The standard InChI is InChI=1S/C12H24N2O2/c1-3-11(16,4-2)9-14-10(15)12(13)7-5-6-8-12/h16H,3-9,13H2,1-2H3,(H,14,15). The molecule has 0 aromatic rings. The normalized spacial score (nSPS) is 19.8. The Hall–Kier alpha value is -0.610. The summed E-state index contributed by atoms with van der Waals surface area (Å²) in [6.07, 6.45) is 4.85. The van der Waals surface area contributed by atoms with Gasteiger partial charge in [0.1, 0.15) is 0 Å². The summed E-state index contributed by atoms with van der Waals surface area (Å²) in [5.41, 5.74) is 4.54. The van der Waals surface area contributed by atoms with Gasteiger partial charge in [0.25, 0.3) is 0 Å². The monoisotopic (exact) mass is 228 g/mol. The molecule has 0 atom stereocenters. The number of nitrogens with two attached hydrogens (primary N) is 1. The first kappa shape index (κ1) is 13.5. The largest absolute Gasteiger partial charge is 0.388 e. The third-order valence-electron chi connectivity index (χ3n) is 3.84. The first-order chi connectivity index (χ1) is 7.46. The molecule has 4 nitrogen and oxygen atoms in total. The summed E-state index contributed by atoms with van der Waals surface area (Å²) >= 11 is 0. The second kappa shape index (κ2) is 5.15. The summed E-state index contributed by atoms with van der Waals surface area (Å²) in [5.74, 6) is -0.106. The summed E-state index contributed by atoms with van der Waals surface area (Å²) in [4.78, 5) is 11.9. The summed E-state index contributed by atoms with van der Waals surface area (Å²) in [6, 6.07) is 0. The smallest absolute Gasteiger partial charge is 0.240 e. The van der Waals surface area contributed by atoms with Crippen molar-refractivity contribution in [3.63, 3.8) is 0 Å². The Morgan fingerprint density at radius 2 is 1.88 bits per heavy atom. The van der Waals surface area contributed by atoms with Gasteiger partial charge >= 0.3 is 0 Å². The van der Waals surface area contributed by atoms with Gasteiger partial charge in [-0.05, 0) is 25.7 Å². The van der Waals surface area contributed by atoms with E-state index in [-0.39, 0.29) is 5.91 Å². The lowest BCUT2D eigenvalue weighted by atomic mass is 9.95. The van der Waals surface area contributed by atoms with E-state index in [4.69, 9.17) is 5.73 Å². The average molecular weight is 228 g/mol. The zero-order valence-corrected chi connectivity index (χ0v) is 10.4. The zero-order valence-electron chi connectivity index (χ0n) is 10.4. The SMILES string of the molecule is CCC(O)(CC)CNC(=O)C1(N)CCCC1. The second-order valence-corrected chi connectivity index (χ2v) is 4.98. The van der Waals surface area contributed by atoms with Gasteiger partial charge in [-0.2, -0.15) is 0 Å². The number of amides is 1. The van der Waals surface area contributed by atoms with Gasteiger partial charge in [0.15, 0.2) is 0 Å². The first-order valence-corrected chi connectivity index (χ1v) is 6.25. The fourth-order valence-corrected chi connectivity index (χ4v) is 2.15. The van der Waals surface area contributed by atoms with Crippen LogP contribution in [0.25, 0.3) is 0 Å². The van der Waals surface area contributed by atoms with Crippen LogP contribution in [0.4, 0.5) is 0 Å². The van der Waals surface area contributed by atoms with Gasteiger partial charge in [-0.15, -0.1) is 0 Å². The van der Waals surface area contributed by atoms with Crippen LogP contribution in [0.2, 0.25) is 0 Å². The highest BCUT2D eigenvalue weighted by Crippen LogP contribution is 2.27. The van der Waals surface area contributed by atoms with Crippen LogP contribution >= 0.6 is 0 Å². The molecule has 16 heavy (non-hydrogen) atoms. The van der Waals surface area contributed by atoms with E-state index in [0.29, 0.717) is 19.4 Å². The number of carbonyl (C=O) groups is 1. The van der Waals surface area contributed by atoms with Crippen molar-refractivity contribution in [2.45, 2.75) is 63.5 Å². The van der Waals surface area contributed by atoms with Crippen molar-refractivity contribution in [1.82, 2.24) is 5.32 Å². The van der Waals surface area contributed by atoms with E-state index < -0.39 is 11.1 Å². The molecular formula is C12H24N2O2. The summed E-state index contributed by atoms with van der Waals surface area (Å²) in [7, 11) is 0. The Labute approximate surface area is 97.6 Å². The highest BCUT2D eigenvalue weighted by molar-refractivity contribution is 5.86. The van der Waals surface area contributed by atoms with Gasteiger partial charge < -0.3 is 16.2 Å². The molecule has 94 valence electrons. The van der Waals surface area contributed by atoms with Crippen LogP contribution in [0.5, 0.6) is 0 Å². The van der Waals surface area contributed by atoms with Gasteiger partial charge in [0.2, 0.25) is 5.91 Å². The molecule has 0 unspecified atom stereocenters. The highest BCUT2D eigenvalue weighted by atomic mass is 16.3. The van der Waals surface area contributed by atoms with Crippen LogP contribution < -0.4 is 11.1 Å². The first-order valence-electron chi connectivity index (χ1n) is 6.25. The van der Waals surface area contributed by atoms with Gasteiger partial charge in [-0.25, -0.2) is 0 Å². The van der Waals surface area contributed by atoms with Crippen molar-refractivity contribution in [2.75, 3.05) is 6.54 Å². The van der Waals surface area contributed by atoms with Gasteiger partial charge in [-0.3, -0.25) is 4.79 Å².